The zero-order chi connectivity index (χ0) is 39.9. The molecular weight excluding hydrogens is 582 g/mol. The van der Waals surface area contributed by atoms with Crippen LogP contribution in [0.25, 0.3) is 22.3 Å². The maximum atomic E-state index is 8.71. The van der Waals surface area contributed by atoms with Crippen LogP contribution in [0.3, 0.4) is 0 Å². The molecule has 0 saturated carbocycles. The molecule has 0 aliphatic heterocycles. The topological polar surface area (TPSA) is 9.23 Å². The number of halogens is 1. The summed E-state index contributed by atoms with van der Waals surface area (Å²) in [6, 6.07) is -12.6. The van der Waals surface area contributed by atoms with E-state index < -0.39 is 158 Å². The van der Waals surface area contributed by atoms with Crippen LogP contribution < -0.4 is 13.7 Å². The Bertz CT molecular complexity index is 2160. The van der Waals surface area contributed by atoms with E-state index in [4.69, 9.17) is 32.2 Å². The second-order valence-corrected chi connectivity index (χ2v) is 9.34. The summed E-state index contributed by atoms with van der Waals surface area (Å²) in [5, 5.41) is 0. The van der Waals surface area contributed by atoms with E-state index in [1.807, 2.05) is 0 Å². The third kappa shape index (κ3) is 5.75. The number of hydrogen-bond donors (Lipinski definition) is 0. The number of benzene rings is 5. The molecule has 3 heteroatoms. The van der Waals surface area contributed by atoms with Crippen molar-refractivity contribution in [2.24, 2.45) is 0 Å². The van der Waals surface area contributed by atoms with Gasteiger partial charge in [0.2, 0.25) is 0 Å². The van der Waals surface area contributed by atoms with Crippen LogP contribution in [0, 0.1) is 3.57 Å². The Labute approximate surface area is 242 Å². The molecule has 0 atom stereocenters. The maximum absolute atomic E-state index is 8.71. The Kier molecular flexibility index (Phi) is 2.75. The number of hydrogen-bond acceptors (Lipinski definition) is 1. The van der Waals surface area contributed by atoms with Crippen molar-refractivity contribution in [3.8, 4) is 33.8 Å². The molecule has 0 fully saturated rings. The van der Waals surface area contributed by atoms with E-state index in [-0.39, 0.29) is 24.3 Å². The second-order valence-electron chi connectivity index (χ2n) is 6.05. The molecule has 0 unspecified atom stereocenters. The fourth-order valence-corrected chi connectivity index (χ4v) is 5.00. The summed E-state index contributed by atoms with van der Waals surface area (Å²) in [5.74, 6) is -1.06. The Morgan fingerprint density at radius 1 is 0.545 bits per heavy atom. The van der Waals surface area contributed by atoms with Crippen LogP contribution in [-0.2, 0) is 0 Å². The van der Waals surface area contributed by atoms with Gasteiger partial charge in [-0.3, -0.25) is 0 Å². The predicted octanol–water partition coefficient (Wildman–Crippen LogP) is 7.07. The Balaban J connectivity index is 1.64. The van der Waals surface area contributed by atoms with Gasteiger partial charge in [-0.2, -0.15) is 0 Å². The monoisotopic (exact) mass is 624 g/mol. The van der Waals surface area contributed by atoms with Gasteiger partial charge in [-0.05, 0) is 0 Å². The molecule has 0 aromatic heterocycles. The molecule has 0 aliphatic rings. The quantitative estimate of drug-likeness (QED) is 0.145. The average molecular weight is 623 g/mol. The van der Waals surface area contributed by atoms with Crippen molar-refractivity contribution in [1.82, 2.24) is 0 Å². The fourth-order valence-electron chi connectivity index (χ4n) is 2.47. The first kappa shape index (κ1) is 8.74. The van der Waals surface area contributed by atoms with Crippen molar-refractivity contribution >= 4 is 46.5 Å². The van der Waals surface area contributed by atoms with Crippen molar-refractivity contribution in [2.45, 2.75) is 0 Å². The second kappa shape index (κ2) is 10.4. The first-order chi connectivity index (χ1) is 24.6. The third-order valence-corrected chi connectivity index (χ3v) is 6.17. The molecule has 0 heterocycles. The summed E-state index contributed by atoms with van der Waals surface area (Å²) in [4.78, 5) is 0. The first-order valence-electron chi connectivity index (χ1n) is 19.1. The Hall–Kier alpha value is -2.85. The molecule has 33 heavy (non-hydrogen) atoms. The van der Waals surface area contributed by atoms with Crippen LogP contribution >= 0.6 is 22.6 Å². The van der Waals surface area contributed by atoms with E-state index in [1.165, 1.54) is 0 Å². The minimum atomic E-state index is -1.24. The number of rotatable bonds is 6. The van der Waals surface area contributed by atoms with Crippen LogP contribution in [0.15, 0.2) is 127 Å². The Morgan fingerprint density at radius 3 is 1.64 bits per heavy atom. The van der Waals surface area contributed by atoms with Crippen LogP contribution in [0.2, 0.25) is 0 Å². The van der Waals surface area contributed by atoms with Gasteiger partial charge >= 0.3 is 241 Å². The van der Waals surface area contributed by atoms with Crippen molar-refractivity contribution in [2.75, 3.05) is 0 Å². The first-order valence-corrected chi connectivity index (χ1v) is 11.9. The van der Waals surface area contributed by atoms with Gasteiger partial charge in [0.25, 0.3) is 0 Å². The van der Waals surface area contributed by atoms with Gasteiger partial charge in [0.15, 0.2) is 0 Å². The molecule has 5 aromatic rings. The van der Waals surface area contributed by atoms with Crippen molar-refractivity contribution in [1.29, 1.82) is 0 Å². The van der Waals surface area contributed by atoms with E-state index in [9.17, 15) is 0 Å². The summed E-state index contributed by atoms with van der Waals surface area (Å²) in [6.45, 7) is 0. The zero-order valence-electron chi connectivity index (χ0n) is 36.3. The van der Waals surface area contributed by atoms with Gasteiger partial charge in [0, 0.05) is 0 Å². The molecule has 160 valence electrons. The molecule has 5 aromatic carbocycles. The molecule has 0 N–H and O–H groups in total. The fraction of sp³-hybridized carbons (Fsp3) is 0. The number of ether oxygens (including phenoxy) is 1. The van der Waals surface area contributed by atoms with Crippen LogP contribution in [0.4, 0.5) is 0 Å². The van der Waals surface area contributed by atoms with Gasteiger partial charge in [0.05, 0.1) is 1.37 Å². The SMILES string of the molecule is [2H]c1c([2H])c([2H])c(-c2c([2H])c([2H])c(Oc3cc([Se]c4c([2H])c([2H])c(-c5c([2H])c([2H])c([2H])c([2H])c5[2H])c([2H])c4[2H])c([2H])c(I)c3[2H])c([2H])c2[2H])c([2H])c1[2H]. The molecule has 0 amide bonds. The van der Waals surface area contributed by atoms with E-state index >= 15 is 0 Å². The van der Waals surface area contributed by atoms with Gasteiger partial charge in [-0.1, -0.05) is 0 Å². The van der Waals surface area contributed by atoms with E-state index in [0.717, 1.165) is 6.07 Å². The molecule has 1 nitrogen and oxygen atoms in total. The molecular formula is C30H21IOSe. The van der Waals surface area contributed by atoms with Crippen LogP contribution in [0.5, 0.6) is 11.5 Å². The van der Waals surface area contributed by atoms with Gasteiger partial charge in [-0.25, -0.2) is 0 Å². The summed E-state index contributed by atoms with van der Waals surface area (Å²) in [5.41, 5.74) is -2.17. The summed E-state index contributed by atoms with van der Waals surface area (Å²) in [6.07, 6.45) is 0. The van der Waals surface area contributed by atoms with Crippen molar-refractivity contribution in [3.05, 3.63) is 130 Å². The van der Waals surface area contributed by atoms with E-state index in [2.05, 4.69) is 0 Å². The van der Waals surface area contributed by atoms with Gasteiger partial charge in [-0.15, -0.1) is 0 Å². The molecule has 5 rings (SSSR count). The van der Waals surface area contributed by atoms with Crippen molar-refractivity contribution in [3.63, 3.8) is 0 Å². The third-order valence-electron chi connectivity index (χ3n) is 3.86. The normalized spacial score (nSPS) is 19.2. The average Bonchev–Trinajstić information content (AvgIpc) is 3.13. The van der Waals surface area contributed by atoms with Crippen LogP contribution in [0.1, 0.15) is 27.4 Å². The standard InChI is InChI=1S/C30H21IOSe/c31-26-19-28(32-27-15-11-24(12-16-27)22-7-3-1-4-8-22)21-30(20-26)33-29-17-13-25(14-18-29)23-9-5-2-6-10-23/h1-21H/i1D,2D,3D,4D,5D,6D,7D,8D,9D,10D,11D,12D,13D,14D,15D,16D,17D,18D,19D,20D. The summed E-state index contributed by atoms with van der Waals surface area (Å²) in [7, 11) is 0. The minimum absolute atomic E-state index is 0.0195. The van der Waals surface area contributed by atoms with Crippen molar-refractivity contribution < 1.29 is 32.2 Å². The molecule has 0 spiro atoms. The van der Waals surface area contributed by atoms with Gasteiger partial charge < -0.3 is 0 Å². The summed E-state index contributed by atoms with van der Waals surface area (Å²) >= 11 is 0.423. The predicted molar refractivity (Wildman–Crippen MR) is 148 cm³/mol. The van der Waals surface area contributed by atoms with Gasteiger partial charge in [0.1, 0.15) is 0 Å². The van der Waals surface area contributed by atoms with E-state index in [0.29, 0.717) is 0 Å². The molecule has 0 radical (unpaired) electrons. The summed E-state index contributed by atoms with van der Waals surface area (Å²) < 4.78 is 173. The molecule has 0 aliphatic carbocycles. The van der Waals surface area contributed by atoms with Crippen LogP contribution in [-0.4, -0.2) is 15.0 Å². The Morgan fingerprint density at radius 2 is 1.06 bits per heavy atom. The molecule has 0 saturated heterocycles. The molecule has 0 bridgehead atoms. The van der Waals surface area contributed by atoms with E-state index in [1.54, 1.807) is 22.6 Å². The zero-order valence-corrected chi connectivity index (χ0v) is 20.1.